The van der Waals surface area contributed by atoms with Crippen molar-refractivity contribution in [3.8, 4) is 0 Å². The average Bonchev–Trinajstić information content (AvgIpc) is 2.05. The Balaban J connectivity index is 2.22. The summed E-state index contributed by atoms with van der Waals surface area (Å²) in [6.45, 7) is 0. The van der Waals surface area contributed by atoms with Gasteiger partial charge in [0.25, 0.3) is 12.4 Å². The van der Waals surface area contributed by atoms with Crippen LogP contribution in [0.4, 0.5) is 0 Å². The van der Waals surface area contributed by atoms with Crippen molar-refractivity contribution in [1.82, 2.24) is 4.67 Å². The van der Waals surface area contributed by atoms with Gasteiger partial charge < -0.3 is 0 Å². The summed E-state index contributed by atoms with van der Waals surface area (Å²) >= 11 is 0. The van der Waals surface area contributed by atoms with Gasteiger partial charge in [0.1, 0.15) is 0 Å². The number of hydrogen-bond donors (Lipinski definition) is 0. The van der Waals surface area contributed by atoms with Gasteiger partial charge in [-0.1, -0.05) is 32.1 Å². The van der Waals surface area contributed by atoms with Gasteiger partial charge >= 0.3 is 0 Å². The van der Waals surface area contributed by atoms with Gasteiger partial charge in [0.05, 0.1) is 0 Å². The van der Waals surface area contributed by atoms with Crippen molar-refractivity contribution >= 4 is 12.4 Å². The molecule has 1 heteroatoms. The maximum absolute atomic E-state index is 4.25. The molecule has 0 atom stereocenters. The lowest BCUT2D eigenvalue weighted by Gasteiger charge is -1.98. The van der Waals surface area contributed by atoms with E-state index in [2.05, 4.69) is 17.1 Å². The molecule has 0 saturated carbocycles. The van der Waals surface area contributed by atoms with E-state index in [1.807, 2.05) is 0 Å². The molecule has 0 aromatic rings. The van der Waals surface area contributed by atoms with Crippen LogP contribution in [0.5, 0.6) is 0 Å². The lowest BCUT2D eigenvalue weighted by molar-refractivity contribution is 0.590. The first-order valence-electron chi connectivity index (χ1n) is 5.33. The SMILES string of the molecule is C1=[N+]=CCCCCCCCCC1. The van der Waals surface area contributed by atoms with Gasteiger partial charge in [-0.3, -0.25) is 0 Å². The van der Waals surface area contributed by atoms with Crippen molar-refractivity contribution < 1.29 is 0 Å². The van der Waals surface area contributed by atoms with Gasteiger partial charge in [-0.05, 0) is 12.8 Å². The molecule has 1 rings (SSSR count). The molecule has 0 bridgehead atoms. The fourth-order valence-electron chi connectivity index (χ4n) is 1.58. The summed E-state index contributed by atoms with van der Waals surface area (Å²) in [5.74, 6) is 0. The lowest BCUT2D eigenvalue weighted by Crippen LogP contribution is -1.88. The van der Waals surface area contributed by atoms with Crippen LogP contribution in [0.2, 0.25) is 0 Å². The van der Waals surface area contributed by atoms with Crippen molar-refractivity contribution in [2.24, 2.45) is 0 Å². The molecule has 0 saturated heterocycles. The van der Waals surface area contributed by atoms with Crippen molar-refractivity contribution in [3.05, 3.63) is 0 Å². The minimum absolute atomic E-state index is 1.18. The van der Waals surface area contributed by atoms with Crippen LogP contribution in [0.3, 0.4) is 0 Å². The van der Waals surface area contributed by atoms with Gasteiger partial charge in [0.15, 0.2) is 0 Å². The highest BCUT2D eigenvalue weighted by Crippen LogP contribution is 2.08. The predicted molar refractivity (Wildman–Crippen MR) is 55.8 cm³/mol. The number of hydrogen-bond acceptors (Lipinski definition) is 0. The molecule has 0 fully saturated rings. The maximum atomic E-state index is 4.25. The van der Waals surface area contributed by atoms with Gasteiger partial charge in [0.2, 0.25) is 0 Å². The van der Waals surface area contributed by atoms with Crippen molar-refractivity contribution in [2.45, 2.75) is 57.8 Å². The van der Waals surface area contributed by atoms with E-state index < -0.39 is 0 Å². The fourth-order valence-corrected chi connectivity index (χ4v) is 1.58. The smallest absolute Gasteiger partial charge is 0.111 e. The number of nitrogens with zero attached hydrogens (tertiary/aromatic N) is 1. The molecule has 1 aliphatic heterocycles. The lowest BCUT2D eigenvalue weighted by atomic mass is 10.1. The molecule has 0 unspecified atom stereocenters. The predicted octanol–water partition coefficient (Wildman–Crippen LogP) is 2.72. The summed E-state index contributed by atoms with van der Waals surface area (Å²) in [5.41, 5.74) is 0. The van der Waals surface area contributed by atoms with E-state index in [1.165, 1.54) is 57.8 Å². The first-order valence-corrected chi connectivity index (χ1v) is 5.33. The van der Waals surface area contributed by atoms with Crippen LogP contribution in [-0.4, -0.2) is 12.4 Å². The van der Waals surface area contributed by atoms with E-state index in [0.717, 1.165) is 0 Å². The first-order chi connectivity index (χ1) is 6.00. The van der Waals surface area contributed by atoms with Crippen molar-refractivity contribution in [1.29, 1.82) is 0 Å². The molecule has 1 aliphatic rings. The van der Waals surface area contributed by atoms with E-state index in [0.29, 0.717) is 0 Å². The van der Waals surface area contributed by atoms with Gasteiger partial charge in [-0.25, -0.2) is 0 Å². The summed E-state index contributed by atoms with van der Waals surface area (Å²) in [4.78, 5) is 0. The molecule has 1 heterocycles. The highest BCUT2D eigenvalue weighted by molar-refractivity contribution is 5.65. The standard InChI is InChI=1S/C11H20N/c1-2-4-6-8-10-12-11-9-7-5-3-1/h10-11H,1-9H2/q+1. The van der Waals surface area contributed by atoms with E-state index >= 15 is 0 Å². The summed E-state index contributed by atoms with van der Waals surface area (Å²) in [5, 5.41) is 0. The number of rotatable bonds is 0. The topological polar surface area (TPSA) is 14.1 Å². The third kappa shape index (κ3) is 5.15. The summed E-state index contributed by atoms with van der Waals surface area (Å²) in [7, 11) is 0. The second-order valence-electron chi connectivity index (χ2n) is 3.57. The Kier molecular flexibility index (Phi) is 5.66. The second kappa shape index (κ2) is 7.12. The van der Waals surface area contributed by atoms with Crippen molar-refractivity contribution in [3.63, 3.8) is 0 Å². The monoisotopic (exact) mass is 166 g/mol. The van der Waals surface area contributed by atoms with Crippen LogP contribution in [-0.2, 0) is 0 Å². The third-order valence-corrected chi connectivity index (χ3v) is 2.38. The molecule has 0 aliphatic carbocycles. The summed E-state index contributed by atoms with van der Waals surface area (Å²) in [6, 6.07) is 0. The molecular formula is C11H20N+. The molecule has 0 aromatic carbocycles. The highest BCUT2D eigenvalue weighted by Gasteiger charge is 1.95. The van der Waals surface area contributed by atoms with Crippen molar-refractivity contribution in [2.75, 3.05) is 0 Å². The van der Waals surface area contributed by atoms with E-state index in [4.69, 9.17) is 0 Å². The minimum atomic E-state index is 1.18. The Morgan fingerprint density at radius 2 is 1.00 bits per heavy atom. The second-order valence-corrected chi connectivity index (χ2v) is 3.57. The van der Waals surface area contributed by atoms with Gasteiger partial charge in [-0.15, -0.1) is 4.67 Å². The largest absolute Gasteiger partial charge is 0.268 e. The summed E-state index contributed by atoms with van der Waals surface area (Å²) < 4.78 is 4.25. The zero-order valence-electron chi connectivity index (χ0n) is 7.97. The van der Waals surface area contributed by atoms with Crippen LogP contribution >= 0.6 is 0 Å². The van der Waals surface area contributed by atoms with Gasteiger partial charge in [0, 0.05) is 12.8 Å². The Morgan fingerprint density at radius 3 is 1.50 bits per heavy atom. The molecule has 0 spiro atoms. The third-order valence-electron chi connectivity index (χ3n) is 2.38. The molecule has 0 radical (unpaired) electrons. The fraction of sp³-hybridized carbons (Fsp3) is 0.818. The zero-order valence-corrected chi connectivity index (χ0v) is 7.97. The van der Waals surface area contributed by atoms with Crippen LogP contribution in [0.1, 0.15) is 57.8 Å². The van der Waals surface area contributed by atoms with Crippen LogP contribution in [0, 0.1) is 0 Å². The average molecular weight is 166 g/mol. The Hall–Kier alpha value is -0.550. The molecule has 12 heavy (non-hydrogen) atoms. The first kappa shape index (κ1) is 9.54. The highest BCUT2D eigenvalue weighted by atomic mass is 14.5. The summed E-state index contributed by atoms with van der Waals surface area (Å²) in [6.07, 6.45) is 16.2. The molecule has 0 N–H and O–H groups in total. The van der Waals surface area contributed by atoms with Gasteiger partial charge in [-0.2, -0.15) is 0 Å². The van der Waals surface area contributed by atoms with Crippen LogP contribution in [0.25, 0.3) is 0 Å². The molecule has 0 aromatic heterocycles. The van der Waals surface area contributed by atoms with E-state index in [1.54, 1.807) is 0 Å². The Labute approximate surface area is 75.6 Å². The minimum Gasteiger partial charge on any atom is -0.111 e. The Bertz CT molecular complexity index is 140. The van der Waals surface area contributed by atoms with Crippen LogP contribution in [0.15, 0.2) is 0 Å². The maximum Gasteiger partial charge on any atom is 0.268 e. The molecule has 0 amide bonds. The van der Waals surface area contributed by atoms with Crippen LogP contribution < -0.4 is 4.67 Å². The zero-order chi connectivity index (χ0) is 8.49. The molecule has 1 nitrogen and oxygen atoms in total. The van der Waals surface area contributed by atoms with E-state index in [-0.39, 0.29) is 0 Å². The quantitative estimate of drug-likeness (QED) is 0.491. The van der Waals surface area contributed by atoms with E-state index in [9.17, 15) is 0 Å². The normalized spacial score (nSPS) is 21.3. The molecular weight excluding hydrogens is 146 g/mol. The Morgan fingerprint density at radius 1 is 0.583 bits per heavy atom. The molecule has 68 valence electrons.